The Morgan fingerprint density at radius 1 is 1.50 bits per heavy atom. The standard InChI is InChI=1S/C12H11N3S/c1-9(12-14-5-6-16-12)15-11-4-2-3-10(7-11)8-13/h2-7,9,15H,1H3. The largest absolute Gasteiger partial charge is 0.376 e. The Morgan fingerprint density at radius 2 is 2.38 bits per heavy atom. The number of anilines is 1. The molecule has 0 saturated heterocycles. The first kappa shape index (κ1) is 10.7. The predicted octanol–water partition coefficient (Wildman–Crippen LogP) is 3.19. The van der Waals surface area contributed by atoms with E-state index in [2.05, 4.69) is 23.3 Å². The Hall–Kier alpha value is -1.86. The van der Waals surface area contributed by atoms with Gasteiger partial charge in [-0.15, -0.1) is 11.3 Å². The number of hydrogen-bond donors (Lipinski definition) is 1. The molecule has 1 atom stereocenters. The molecule has 0 radical (unpaired) electrons. The zero-order valence-corrected chi connectivity index (χ0v) is 9.66. The summed E-state index contributed by atoms with van der Waals surface area (Å²) >= 11 is 1.62. The lowest BCUT2D eigenvalue weighted by Crippen LogP contribution is -2.05. The molecule has 0 amide bonds. The van der Waals surface area contributed by atoms with Crippen LogP contribution in [0.15, 0.2) is 35.8 Å². The second-order valence-corrected chi connectivity index (χ2v) is 4.36. The summed E-state index contributed by atoms with van der Waals surface area (Å²) in [6.45, 7) is 2.05. The number of benzene rings is 1. The third-order valence-electron chi connectivity index (χ3n) is 2.20. The fraction of sp³-hybridized carbons (Fsp3) is 0.167. The van der Waals surface area contributed by atoms with Gasteiger partial charge in [0.2, 0.25) is 0 Å². The summed E-state index contributed by atoms with van der Waals surface area (Å²) in [6, 6.07) is 9.73. The molecule has 16 heavy (non-hydrogen) atoms. The minimum Gasteiger partial charge on any atom is -0.376 e. The van der Waals surface area contributed by atoms with Crippen LogP contribution in [0, 0.1) is 11.3 Å². The van der Waals surface area contributed by atoms with Crippen LogP contribution in [0.25, 0.3) is 0 Å². The number of nitriles is 1. The lowest BCUT2D eigenvalue weighted by atomic mass is 10.2. The molecule has 1 heterocycles. The van der Waals surface area contributed by atoms with Gasteiger partial charge in [0, 0.05) is 17.3 Å². The van der Waals surface area contributed by atoms with Gasteiger partial charge in [0.1, 0.15) is 5.01 Å². The topological polar surface area (TPSA) is 48.7 Å². The van der Waals surface area contributed by atoms with E-state index in [1.165, 1.54) is 0 Å². The second-order valence-electron chi connectivity index (χ2n) is 3.43. The first-order chi connectivity index (χ1) is 7.79. The van der Waals surface area contributed by atoms with Crippen LogP contribution in [-0.2, 0) is 0 Å². The molecule has 0 aliphatic carbocycles. The Balaban J connectivity index is 2.12. The van der Waals surface area contributed by atoms with Crippen molar-refractivity contribution in [3.8, 4) is 6.07 Å². The van der Waals surface area contributed by atoms with Gasteiger partial charge in [-0.25, -0.2) is 4.98 Å². The fourth-order valence-corrected chi connectivity index (χ4v) is 2.08. The molecular formula is C12H11N3S. The highest BCUT2D eigenvalue weighted by atomic mass is 32.1. The maximum atomic E-state index is 8.79. The lowest BCUT2D eigenvalue weighted by molar-refractivity contribution is 0.870. The fourth-order valence-electron chi connectivity index (χ4n) is 1.44. The van der Waals surface area contributed by atoms with Gasteiger partial charge in [0.05, 0.1) is 17.7 Å². The van der Waals surface area contributed by atoms with E-state index in [1.807, 2.05) is 23.6 Å². The third-order valence-corrected chi connectivity index (χ3v) is 3.15. The van der Waals surface area contributed by atoms with Crippen LogP contribution < -0.4 is 5.32 Å². The quantitative estimate of drug-likeness (QED) is 0.879. The second kappa shape index (κ2) is 4.77. The van der Waals surface area contributed by atoms with Gasteiger partial charge in [-0.1, -0.05) is 6.07 Å². The molecule has 1 unspecified atom stereocenters. The van der Waals surface area contributed by atoms with Crippen molar-refractivity contribution in [2.24, 2.45) is 0 Å². The van der Waals surface area contributed by atoms with E-state index in [0.717, 1.165) is 10.7 Å². The van der Waals surface area contributed by atoms with Crippen molar-refractivity contribution in [3.63, 3.8) is 0 Å². The summed E-state index contributed by atoms with van der Waals surface area (Å²) in [6.07, 6.45) is 1.80. The molecule has 1 aromatic carbocycles. The van der Waals surface area contributed by atoms with E-state index in [1.54, 1.807) is 23.6 Å². The SMILES string of the molecule is CC(Nc1cccc(C#N)c1)c1nccs1. The van der Waals surface area contributed by atoms with Crippen molar-refractivity contribution >= 4 is 17.0 Å². The van der Waals surface area contributed by atoms with Gasteiger partial charge >= 0.3 is 0 Å². The summed E-state index contributed by atoms with van der Waals surface area (Å²) in [7, 11) is 0. The van der Waals surface area contributed by atoms with Crippen molar-refractivity contribution in [2.75, 3.05) is 5.32 Å². The minimum atomic E-state index is 0.161. The monoisotopic (exact) mass is 229 g/mol. The van der Waals surface area contributed by atoms with Gasteiger partial charge < -0.3 is 5.32 Å². The molecule has 0 aliphatic heterocycles. The highest BCUT2D eigenvalue weighted by molar-refractivity contribution is 7.09. The molecular weight excluding hydrogens is 218 g/mol. The van der Waals surface area contributed by atoms with E-state index in [4.69, 9.17) is 5.26 Å². The van der Waals surface area contributed by atoms with Crippen LogP contribution in [-0.4, -0.2) is 4.98 Å². The van der Waals surface area contributed by atoms with Gasteiger partial charge in [-0.3, -0.25) is 0 Å². The molecule has 0 aliphatic rings. The van der Waals surface area contributed by atoms with Crippen LogP contribution in [0.4, 0.5) is 5.69 Å². The Bertz CT molecular complexity index is 499. The smallest absolute Gasteiger partial charge is 0.115 e. The van der Waals surface area contributed by atoms with Crippen molar-refractivity contribution in [2.45, 2.75) is 13.0 Å². The van der Waals surface area contributed by atoms with Crippen LogP contribution in [0.2, 0.25) is 0 Å². The highest BCUT2D eigenvalue weighted by Gasteiger charge is 2.07. The lowest BCUT2D eigenvalue weighted by Gasteiger charge is -2.12. The van der Waals surface area contributed by atoms with E-state index in [0.29, 0.717) is 5.56 Å². The molecule has 3 nitrogen and oxygen atoms in total. The van der Waals surface area contributed by atoms with Crippen LogP contribution in [0.3, 0.4) is 0 Å². The first-order valence-corrected chi connectivity index (χ1v) is 5.83. The molecule has 1 aromatic heterocycles. The molecule has 0 fully saturated rings. The maximum Gasteiger partial charge on any atom is 0.115 e. The summed E-state index contributed by atoms with van der Waals surface area (Å²) in [5.74, 6) is 0. The van der Waals surface area contributed by atoms with Crippen molar-refractivity contribution < 1.29 is 0 Å². The summed E-state index contributed by atoms with van der Waals surface area (Å²) in [5.41, 5.74) is 1.61. The molecule has 80 valence electrons. The molecule has 2 aromatic rings. The molecule has 0 bridgehead atoms. The van der Waals surface area contributed by atoms with E-state index < -0.39 is 0 Å². The number of rotatable bonds is 3. The number of aromatic nitrogens is 1. The van der Waals surface area contributed by atoms with E-state index in [9.17, 15) is 0 Å². The average Bonchev–Trinajstić information content (AvgIpc) is 2.83. The third kappa shape index (κ3) is 2.38. The van der Waals surface area contributed by atoms with Crippen molar-refractivity contribution in [3.05, 3.63) is 46.4 Å². The van der Waals surface area contributed by atoms with Crippen molar-refractivity contribution in [1.29, 1.82) is 5.26 Å². The number of thiazole rings is 1. The summed E-state index contributed by atoms with van der Waals surface area (Å²) < 4.78 is 0. The zero-order valence-electron chi connectivity index (χ0n) is 8.84. The molecule has 1 N–H and O–H groups in total. The Kier molecular flexibility index (Phi) is 3.18. The van der Waals surface area contributed by atoms with E-state index in [-0.39, 0.29) is 6.04 Å². The van der Waals surface area contributed by atoms with Crippen LogP contribution in [0.1, 0.15) is 23.5 Å². The normalized spacial score (nSPS) is 11.8. The van der Waals surface area contributed by atoms with Gasteiger partial charge in [0.15, 0.2) is 0 Å². The van der Waals surface area contributed by atoms with Crippen molar-refractivity contribution in [1.82, 2.24) is 4.98 Å². The van der Waals surface area contributed by atoms with Gasteiger partial charge in [-0.2, -0.15) is 5.26 Å². The molecule has 0 spiro atoms. The summed E-state index contributed by atoms with van der Waals surface area (Å²) in [4.78, 5) is 4.25. The predicted molar refractivity (Wildman–Crippen MR) is 65.3 cm³/mol. The number of nitrogens with one attached hydrogen (secondary N) is 1. The minimum absolute atomic E-state index is 0.161. The Labute approximate surface area is 98.4 Å². The molecule has 0 saturated carbocycles. The number of nitrogens with zero attached hydrogens (tertiary/aromatic N) is 2. The van der Waals surface area contributed by atoms with E-state index >= 15 is 0 Å². The molecule has 2 rings (SSSR count). The molecule has 4 heteroatoms. The number of hydrogen-bond acceptors (Lipinski definition) is 4. The Morgan fingerprint density at radius 3 is 3.06 bits per heavy atom. The first-order valence-electron chi connectivity index (χ1n) is 4.95. The average molecular weight is 229 g/mol. The van der Waals surface area contributed by atoms with Crippen LogP contribution >= 0.6 is 11.3 Å². The zero-order chi connectivity index (χ0) is 11.4. The van der Waals surface area contributed by atoms with Crippen LogP contribution in [0.5, 0.6) is 0 Å². The highest BCUT2D eigenvalue weighted by Crippen LogP contribution is 2.21. The van der Waals surface area contributed by atoms with Gasteiger partial charge in [-0.05, 0) is 25.1 Å². The summed E-state index contributed by atoms with van der Waals surface area (Å²) in [5, 5.41) is 15.1. The van der Waals surface area contributed by atoms with Gasteiger partial charge in [0.25, 0.3) is 0 Å². The maximum absolute atomic E-state index is 8.79.